The molecule has 26 heavy (non-hydrogen) atoms. The molecule has 0 aliphatic heterocycles. The van der Waals surface area contributed by atoms with E-state index < -0.39 is 0 Å². The maximum Gasteiger partial charge on any atom is 0.341 e. The number of rotatable bonds is 6. The van der Waals surface area contributed by atoms with Gasteiger partial charge in [-0.15, -0.1) is 11.3 Å². The lowest BCUT2D eigenvalue weighted by Crippen LogP contribution is -2.34. The Bertz CT molecular complexity index is 785. The number of carbonyl (C=O) groups excluding carboxylic acids is 2. The highest BCUT2D eigenvalue weighted by atomic mass is 32.1. The van der Waals surface area contributed by atoms with Crippen molar-refractivity contribution in [2.45, 2.75) is 27.2 Å². The number of anilines is 1. The van der Waals surface area contributed by atoms with Crippen molar-refractivity contribution < 1.29 is 14.3 Å². The average Bonchev–Trinajstić information content (AvgIpc) is 2.97. The third kappa shape index (κ3) is 5.37. The zero-order valence-electron chi connectivity index (χ0n) is 15.0. The second-order valence-corrected chi connectivity index (χ2v) is 7.35. The molecule has 0 atom stereocenters. The van der Waals surface area contributed by atoms with Crippen LogP contribution in [-0.2, 0) is 11.2 Å². The van der Waals surface area contributed by atoms with Crippen LogP contribution in [0.25, 0.3) is 0 Å². The molecule has 0 aliphatic rings. The number of esters is 1. The van der Waals surface area contributed by atoms with Crippen LogP contribution in [0.15, 0.2) is 35.7 Å². The van der Waals surface area contributed by atoms with E-state index >= 15 is 0 Å². The first-order valence-electron chi connectivity index (χ1n) is 8.37. The molecule has 2 rings (SSSR count). The van der Waals surface area contributed by atoms with Gasteiger partial charge in [-0.2, -0.15) is 0 Å². The third-order valence-electron chi connectivity index (χ3n) is 3.47. The van der Waals surface area contributed by atoms with Crippen LogP contribution in [0.4, 0.5) is 5.00 Å². The molecule has 1 aromatic heterocycles. The first-order chi connectivity index (χ1) is 12.4. The van der Waals surface area contributed by atoms with Crippen molar-refractivity contribution in [1.29, 1.82) is 0 Å². The molecule has 1 amide bonds. The van der Waals surface area contributed by atoms with E-state index in [2.05, 4.69) is 24.5 Å². The van der Waals surface area contributed by atoms with Gasteiger partial charge in [-0.3, -0.25) is 10.1 Å². The summed E-state index contributed by atoms with van der Waals surface area (Å²) in [5.41, 5.74) is 1.92. The molecule has 5 nitrogen and oxygen atoms in total. The Morgan fingerprint density at radius 1 is 1.23 bits per heavy atom. The van der Waals surface area contributed by atoms with Gasteiger partial charge in [-0.25, -0.2) is 4.79 Å². The molecule has 0 radical (unpaired) electrons. The number of carbonyl (C=O) groups is 2. The van der Waals surface area contributed by atoms with Crippen LogP contribution in [0.1, 0.15) is 47.1 Å². The van der Waals surface area contributed by atoms with Gasteiger partial charge in [0.2, 0.25) is 0 Å². The molecule has 138 valence electrons. The van der Waals surface area contributed by atoms with Gasteiger partial charge < -0.3 is 10.1 Å². The number of thiocarbonyl (C=S) groups is 1. The first kappa shape index (κ1) is 20.1. The molecule has 0 aliphatic carbocycles. The normalized spacial score (nSPS) is 10.5. The smallest absolute Gasteiger partial charge is 0.341 e. The molecule has 0 fully saturated rings. The largest absolute Gasteiger partial charge is 0.462 e. The van der Waals surface area contributed by atoms with E-state index in [1.807, 2.05) is 11.4 Å². The molecular weight excluding hydrogens is 368 g/mol. The SMILES string of the molecule is CCOC(=O)c1c(CC(C)C)csc1NC(=S)NC(=O)c1ccccc1. The molecule has 1 heterocycles. The Morgan fingerprint density at radius 3 is 2.54 bits per heavy atom. The Hall–Kier alpha value is -2.25. The predicted octanol–water partition coefficient (Wildman–Crippen LogP) is 4.25. The molecule has 0 bridgehead atoms. The van der Waals surface area contributed by atoms with E-state index in [0.717, 1.165) is 12.0 Å². The van der Waals surface area contributed by atoms with Crippen LogP contribution < -0.4 is 10.6 Å². The molecule has 7 heteroatoms. The number of ether oxygens (including phenoxy) is 1. The summed E-state index contributed by atoms with van der Waals surface area (Å²) >= 11 is 6.60. The van der Waals surface area contributed by atoms with Crippen molar-refractivity contribution in [3.63, 3.8) is 0 Å². The van der Waals surface area contributed by atoms with E-state index in [9.17, 15) is 9.59 Å². The standard InChI is InChI=1S/C19H22N2O3S2/c1-4-24-18(23)15-14(10-12(2)3)11-26-17(15)21-19(25)20-16(22)13-8-6-5-7-9-13/h5-9,11-12H,4,10H2,1-3H3,(H2,20,21,22,25). The van der Waals surface area contributed by atoms with Crippen LogP contribution in [0.2, 0.25) is 0 Å². The van der Waals surface area contributed by atoms with Crippen molar-refractivity contribution in [2.24, 2.45) is 5.92 Å². The topological polar surface area (TPSA) is 67.4 Å². The molecule has 2 aromatic rings. The van der Waals surface area contributed by atoms with Gasteiger partial charge in [0.15, 0.2) is 5.11 Å². The fraction of sp³-hybridized carbons (Fsp3) is 0.316. The maximum atomic E-state index is 12.4. The number of thiophene rings is 1. The monoisotopic (exact) mass is 390 g/mol. The summed E-state index contributed by atoms with van der Waals surface area (Å²) < 4.78 is 5.18. The lowest BCUT2D eigenvalue weighted by Gasteiger charge is -2.11. The number of nitrogens with one attached hydrogen (secondary N) is 2. The minimum atomic E-state index is -0.385. The molecule has 0 spiro atoms. The Balaban J connectivity index is 2.14. The molecule has 0 saturated carbocycles. The minimum Gasteiger partial charge on any atom is -0.462 e. The van der Waals surface area contributed by atoms with Gasteiger partial charge in [-0.1, -0.05) is 32.0 Å². The van der Waals surface area contributed by atoms with Gasteiger partial charge in [0.25, 0.3) is 5.91 Å². The first-order valence-corrected chi connectivity index (χ1v) is 9.66. The van der Waals surface area contributed by atoms with Crippen LogP contribution in [0.3, 0.4) is 0 Å². The molecule has 0 saturated heterocycles. The van der Waals surface area contributed by atoms with E-state index in [0.29, 0.717) is 28.7 Å². The highest BCUT2D eigenvalue weighted by molar-refractivity contribution is 7.80. The van der Waals surface area contributed by atoms with Gasteiger partial charge >= 0.3 is 5.97 Å². The lowest BCUT2D eigenvalue weighted by atomic mass is 10.0. The van der Waals surface area contributed by atoms with Crippen molar-refractivity contribution >= 4 is 45.5 Å². The van der Waals surface area contributed by atoms with Crippen molar-refractivity contribution in [3.8, 4) is 0 Å². The summed E-state index contributed by atoms with van der Waals surface area (Å²) in [4.78, 5) is 24.6. The van der Waals surface area contributed by atoms with Gasteiger partial charge in [0, 0.05) is 5.56 Å². The lowest BCUT2D eigenvalue weighted by molar-refractivity contribution is 0.0526. The fourth-order valence-corrected chi connectivity index (χ4v) is 3.63. The minimum absolute atomic E-state index is 0.141. The van der Waals surface area contributed by atoms with Crippen LogP contribution in [0.5, 0.6) is 0 Å². The number of hydrogen-bond acceptors (Lipinski definition) is 5. The van der Waals surface area contributed by atoms with E-state index in [-0.39, 0.29) is 17.0 Å². The maximum absolute atomic E-state index is 12.4. The summed E-state index contributed by atoms with van der Waals surface area (Å²) in [6.07, 6.45) is 0.759. The van der Waals surface area contributed by atoms with E-state index in [4.69, 9.17) is 17.0 Å². The summed E-state index contributed by atoms with van der Waals surface area (Å²) in [6, 6.07) is 8.80. The molecule has 1 aromatic carbocycles. The quantitative estimate of drug-likeness (QED) is 0.570. The molecule has 0 unspecified atom stereocenters. The summed E-state index contributed by atoms with van der Waals surface area (Å²) in [7, 11) is 0. The van der Waals surface area contributed by atoms with Gasteiger partial charge in [0.05, 0.1) is 12.2 Å². The van der Waals surface area contributed by atoms with E-state index in [1.165, 1.54) is 11.3 Å². The molecular formula is C19H22N2O3S2. The number of benzene rings is 1. The second kappa shape index (κ2) is 9.45. The van der Waals surface area contributed by atoms with E-state index in [1.54, 1.807) is 31.2 Å². The molecule has 2 N–H and O–H groups in total. The number of hydrogen-bond donors (Lipinski definition) is 2. The van der Waals surface area contributed by atoms with Crippen molar-refractivity contribution in [3.05, 3.63) is 52.4 Å². The number of amides is 1. The van der Waals surface area contributed by atoms with Gasteiger partial charge in [0.1, 0.15) is 5.00 Å². The average molecular weight is 391 g/mol. The third-order valence-corrected chi connectivity index (χ3v) is 4.61. The van der Waals surface area contributed by atoms with Crippen molar-refractivity contribution in [1.82, 2.24) is 5.32 Å². The zero-order chi connectivity index (χ0) is 19.1. The summed E-state index contributed by atoms with van der Waals surface area (Å²) in [5, 5.41) is 8.24. The van der Waals surface area contributed by atoms with Gasteiger partial charge in [-0.05, 0) is 54.6 Å². The summed E-state index contributed by atoms with van der Waals surface area (Å²) in [6.45, 7) is 6.24. The predicted molar refractivity (Wildman–Crippen MR) is 109 cm³/mol. The Kier molecular flexibility index (Phi) is 7.29. The van der Waals surface area contributed by atoms with Crippen LogP contribution in [0, 0.1) is 5.92 Å². The Morgan fingerprint density at radius 2 is 1.92 bits per heavy atom. The zero-order valence-corrected chi connectivity index (χ0v) is 16.6. The highest BCUT2D eigenvalue weighted by Gasteiger charge is 2.22. The Labute approximate surface area is 162 Å². The van der Waals surface area contributed by atoms with Crippen LogP contribution in [-0.4, -0.2) is 23.6 Å². The fourth-order valence-electron chi connectivity index (χ4n) is 2.40. The second-order valence-electron chi connectivity index (χ2n) is 6.06. The highest BCUT2D eigenvalue weighted by Crippen LogP contribution is 2.30. The van der Waals surface area contributed by atoms with Crippen molar-refractivity contribution in [2.75, 3.05) is 11.9 Å². The summed E-state index contributed by atoms with van der Waals surface area (Å²) in [5.74, 6) is -0.292. The van der Waals surface area contributed by atoms with Crippen LogP contribution >= 0.6 is 23.6 Å².